The molecule has 0 heterocycles. The van der Waals surface area contributed by atoms with E-state index in [9.17, 15) is 5.11 Å². The number of hydrogen-bond donors (Lipinski definition) is 1. The van der Waals surface area contributed by atoms with Crippen LogP contribution in [0.5, 0.6) is 5.75 Å². The fraction of sp³-hybridized carbons (Fsp3) is 0.400. The second kappa shape index (κ2) is 6.87. The molecule has 3 rings (SSSR count). The van der Waals surface area contributed by atoms with Crippen molar-refractivity contribution >= 4 is 5.69 Å². The number of para-hydroxylation sites is 2. The lowest BCUT2D eigenvalue weighted by atomic mass is 9.92. The molecule has 0 radical (unpaired) electrons. The van der Waals surface area contributed by atoms with Crippen LogP contribution in [0, 0.1) is 0 Å². The van der Waals surface area contributed by atoms with E-state index in [1.807, 2.05) is 18.2 Å². The highest BCUT2D eigenvalue weighted by molar-refractivity contribution is 5.82. The minimum Gasteiger partial charge on any atom is -0.507 e. The first kappa shape index (κ1) is 15.0. The van der Waals surface area contributed by atoms with Crippen LogP contribution in [-0.2, 0) is 0 Å². The minimum atomic E-state index is 0.356. The van der Waals surface area contributed by atoms with Gasteiger partial charge in [0, 0.05) is 29.4 Å². The van der Waals surface area contributed by atoms with Crippen LogP contribution in [0.1, 0.15) is 39.0 Å². The van der Waals surface area contributed by atoms with Gasteiger partial charge in [0.2, 0.25) is 0 Å². The Morgan fingerprint density at radius 3 is 2.23 bits per heavy atom. The fourth-order valence-electron chi connectivity index (χ4n) is 3.67. The van der Waals surface area contributed by atoms with E-state index in [1.54, 1.807) is 6.07 Å². The SMILES string of the molecule is CCN(c1ccccc1-c1ccccc1O)C1CCCCC1. The predicted molar refractivity (Wildman–Crippen MR) is 93.4 cm³/mol. The highest BCUT2D eigenvalue weighted by atomic mass is 16.3. The molecule has 0 saturated heterocycles. The Kier molecular flexibility index (Phi) is 4.67. The molecule has 0 amide bonds. The summed E-state index contributed by atoms with van der Waals surface area (Å²) in [6.07, 6.45) is 6.60. The summed E-state index contributed by atoms with van der Waals surface area (Å²) in [5, 5.41) is 10.2. The van der Waals surface area contributed by atoms with Crippen LogP contribution in [0.2, 0.25) is 0 Å². The minimum absolute atomic E-state index is 0.356. The fourth-order valence-corrected chi connectivity index (χ4v) is 3.67. The topological polar surface area (TPSA) is 23.5 Å². The summed E-state index contributed by atoms with van der Waals surface area (Å²) < 4.78 is 0. The molecule has 0 atom stereocenters. The van der Waals surface area contributed by atoms with Crippen molar-refractivity contribution < 1.29 is 5.11 Å². The Bertz CT molecular complexity index is 617. The molecule has 1 saturated carbocycles. The van der Waals surface area contributed by atoms with Gasteiger partial charge in [-0.05, 0) is 31.9 Å². The maximum atomic E-state index is 10.2. The van der Waals surface area contributed by atoms with E-state index in [4.69, 9.17) is 0 Å². The summed E-state index contributed by atoms with van der Waals surface area (Å²) in [7, 11) is 0. The monoisotopic (exact) mass is 295 g/mol. The zero-order valence-corrected chi connectivity index (χ0v) is 13.3. The summed E-state index contributed by atoms with van der Waals surface area (Å²) in [4.78, 5) is 2.53. The number of nitrogens with zero attached hydrogens (tertiary/aromatic N) is 1. The molecule has 1 aliphatic rings. The largest absolute Gasteiger partial charge is 0.507 e. The lowest BCUT2D eigenvalue weighted by molar-refractivity contribution is 0.418. The van der Waals surface area contributed by atoms with Crippen molar-refractivity contribution in [2.75, 3.05) is 11.4 Å². The van der Waals surface area contributed by atoms with Crippen molar-refractivity contribution in [1.29, 1.82) is 0 Å². The average Bonchev–Trinajstić information content (AvgIpc) is 2.58. The highest BCUT2D eigenvalue weighted by Crippen LogP contribution is 2.38. The number of benzene rings is 2. The van der Waals surface area contributed by atoms with Gasteiger partial charge in [-0.3, -0.25) is 0 Å². The summed E-state index contributed by atoms with van der Waals surface area (Å²) in [6.45, 7) is 3.24. The summed E-state index contributed by atoms with van der Waals surface area (Å²) >= 11 is 0. The zero-order valence-electron chi connectivity index (χ0n) is 13.3. The maximum Gasteiger partial charge on any atom is 0.123 e. The summed E-state index contributed by atoms with van der Waals surface area (Å²) in [6, 6.07) is 16.7. The molecule has 1 N–H and O–H groups in total. The molecule has 0 bridgehead atoms. The van der Waals surface area contributed by atoms with E-state index in [2.05, 4.69) is 36.1 Å². The molecule has 2 aromatic carbocycles. The van der Waals surface area contributed by atoms with Crippen molar-refractivity contribution in [3.8, 4) is 16.9 Å². The molecule has 0 unspecified atom stereocenters. The van der Waals surface area contributed by atoms with Crippen molar-refractivity contribution in [1.82, 2.24) is 0 Å². The Hall–Kier alpha value is -1.96. The van der Waals surface area contributed by atoms with E-state index in [0.29, 0.717) is 11.8 Å². The van der Waals surface area contributed by atoms with Gasteiger partial charge in [0.05, 0.1) is 0 Å². The summed E-state index contributed by atoms with van der Waals surface area (Å²) in [5.41, 5.74) is 3.30. The van der Waals surface area contributed by atoms with Gasteiger partial charge in [-0.15, -0.1) is 0 Å². The molecule has 116 valence electrons. The molecule has 2 nitrogen and oxygen atoms in total. The third-order valence-electron chi connectivity index (χ3n) is 4.76. The molecule has 2 aromatic rings. The number of phenolic OH excluding ortho intramolecular Hbond substituents is 1. The van der Waals surface area contributed by atoms with Crippen LogP contribution in [0.15, 0.2) is 48.5 Å². The smallest absolute Gasteiger partial charge is 0.123 e. The van der Waals surface area contributed by atoms with E-state index >= 15 is 0 Å². The molecule has 2 heteroatoms. The van der Waals surface area contributed by atoms with Gasteiger partial charge in [-0.25, -0.2) is 0 Å². The number of anilines is 1. The van der Waals surface area contributed by atoms with Gasteiger partial charge >= 0.3 is 0 Å². The first-order valence-electron chi connectivity index (χ1n) is 8.45. The van der Waals surface area contributed by atoms with Gasteiger partial charge in [-0.2, -0.15) is 0 Å². The molecule has 0 aromatic heterocycles. The molecule has 22 heavy (non-hydrogen) atoms. The van der Waals surface area contributed by atoms with Gasteiger partial charge in [-0.1, -0.05) is 55.7 Å². The lowest BCUT2D eigenvalue weighted by Crippen LogP contribution is -2.37. The Morgan fingerprint density at radius 1 is 0.909 bits per heavy atom. The van der Waals surface area contributed by atoms with Crippen LogP contribution in [-0.4, -0.2) is 17.7 Å². The number of hydrogen-bond acceptors (Lipinski definition) is 2. The second-order valence-electron chi connectivity index (χ2n) is 6.11. The highest BCUT2D eigenvalue weighted by Gasteiger charge is 2.22. The molecule has 1 fully saturated rings. The van der Waals surface area contributed by atoms with Gasteiger partial charge in [0.15, 0.2) is 0 Å². The quantitative estimate of drug-likeness (QED) is 0.836. The average molecular weight is 295 g/mol. The molecule has 0 aliphatic heterocycles. The normalized spacial score (nSPS) is 15.7. The van der Waals surface area contributed by atoms with E-state index in [-0.39, 0.29) is 0 Å². The Morgan fingerprint density at radius 2 is 1.55 bits per heavy atom. The first-order chi connectivity index (χ1) is 10.8. The summed E-state index contributed by atoms with van der Waals surface area (Å²) in [5.74, 6) is 0.356. The van der Waals surface area contributed by atoms with Gasteiger partial charge in [0.25, 0.3) is 0 Å². The van der Waals surface area contributed by atoms with Crippen molar-refractivity contribution in [3.63, 3.8) is 0 Å². The molecular formula is C20H25NO. The predicted octanol–water partition coefficient (Wildman–Crippen LogP) is 5.22. The third kappa shape index (κ3) is 2.96. The molecular weight excluding hydrogens is 270 g/mol. The molecule has 0 spiro atoms. The van der Waals surface area contributed by atoms with E-state index in [0.717, 1.165) is 17.7 Å². The van der Waals surface area contributed by atoms with Crippen molar-refractivity contribution in [2.45, 2.75) is 45.1 Å². The van der Waals surface area contributed by atoms with Crippen LogP contribution < -0.4 is 4.90 Å². The Balaban J connectivity index is 2.01. The lowest BCUT2D eigenvalue weighted by Gasteiger charge is -2.36. The van der Waals surface area contributed by atoms with Gasteiger partial charge in [0.1, 0.15) is 5.75 Å². The van der Waals surface area contributed by atoms with Crippen LogP contribution in [0.4, 0.5) is 5.69 Å². The van der Waals surface area contributed by atoms with Gasteiger partial charge < -0.3 is 10.0 Å². The number of phenols is 1. The van der Waals surface area contributed by atoms with E-state index < -0.39 is 0 Å². The third-order valence-corrected chi connectivity index (χ3v) is 4.76. The zero-order chi connectivity index (χ0) is 15.4. The van der Waals surface area contributed by atoms with Crippen LogP contribution in [0.25, 0.3) is 11.1 Å². The Labute approximate surface area is 133 Å². The second-order valence-corrected chi connectivity index (χ2v) is 6.11. The van der Waals surface area contributed by atoms with Crippen LogP contribution >= 0.6 is 0 Å². The van der Waals surface area contributed by atoms with E-state index in [1.165, 1.54) is 37.8 Å². The number of rotatable bonds is 4. The molecule has 1 aliphatic carbocycles. The number of aromatic hydroxyl groups is 1. The maximum absolute atomic E-state index is 10.2. The van der Waals surface area contributed by atoms with Crippen LogP contribution in [0.3, 0.4) is 0 Å². The standard InChI is InChI=1S/C20H25NO/c1-2-21(16-10-4-3-5-11-16)19-14-8-6-12-17(19)18-13-7-9-15-20(18)22/h6-9,12-16,22H,2-5,10-11H2,1H3. The van der Waals surface area contributed by atoms with Crippen molar-refractivity contribution in [2.24, 2.45) is 0 Å². The first-order valence-corrected chi connectivity index (χ1v) is 8.45. The van der Waals surface area contributed by atoms with Crippen molar-refractivity contribution in [3.05, 3.63) is 48.5 Å².